The molecule has 2 N–H and O–H groups in total. The molecule has 1 aliphatic carbocycles. The van der Waals surface area contributed by atoms with Gasteiger partial charge in [0.1, 0.15) is 28.4 Å². The highest BCUT2D eigenvalue weighted by molar-refractivity contribution is 6.03. The standard InChI is InChI=1S/C34H44FN7O6/c1-19-37-26-14-20(24(35)16-27(26)41(19)21-11-12-21)10-13-25-28(29(36)43)30(39(8)31(44)47-33(2,3)4)42(38-25)22-15-23(18-46-9)40(17-22)32(45)48-34(5,6)7/h14,16,21-23H,11-12,15,17-18H2,1-9H3,(H2,36,43)/t22-,23+/m0/s1. The van der Waals surface area contributed by atoms with E-state index in [0.29, 0.717) is 23.5 Å². The number of benzene rings is 1. The van der Waals surface area contributed by atoms with Crippen LogP contribution >= 0.6 is 0 Å². The number of imidazole rings is 1. The van der Waals surface area contributed by atoms with Crippen LogP contribution in [-0.4, -0.2) is 86.9 Å². The van der Waals surface area contributed by atoms with Crippen LogP contribution in [0.4, 0.5) is 19.8 Å². The topological polar surface area (TPSA) is 147 Å². The summed E-state index contributed by atoms with van der Waals surface area (Å²) in [6, 6.07) is 2.37. The third kappa shape index (κ3) is 7.26. The van der Waals surface area contributed by atoms with Gasteiger partial charge in [-0.25, -0.2) is 23.6 Å². The second-order valence-corrected chi connectivity index (χ2v) is 14.4. The van der Waals surface area contributed by atoms with Gasteiger partial charge < -0.3 is 29.4 Å². The van der Waals surface area contributed by atoms with Gasteiger partial charge in [0.15, 0.2) is 11.5 Å². The van der Waals surface area contributed by atoms with Crippen LogP contribution in [0.5, 0.6) is 0 Å². The number of primary amides is 1. The molecular weight excluding hydrogens is 621 g/mol. The molecular formula is C34H44FN7O6. The van der Waals surface area contributed by atoms with Crippen molar-refractivity contribution in [1.29, 1.82) is 0 Å². The molecule has 48 heavy (non-hydrogen) atoms. The van der Waals surface area contributed by atoms with Crippen molar-refractivity contribution in [3.05, 3.63) is 40.6 Å². The molecule has 3 aromatic rings. The van der Waals surface area contributed by atoms with Crippen molar-refractivity contribution in [2.45, 2.75) is 97.1 Å². The summed E-state index contributed by atoms with van der Waals surface area (Å²) >= 11 is 0. The fourth-order valence-corrected chi connectivity index (χ4v) is 5.95. The number of methoxy groups -OCH3 is 1. The number of hydrogen-bond donors (Lipinski definition) is 1. The highest BCUT2D eigenvalue weighted by Gasteiger charge is 2.42. The molecule has 2 atom stereocenters. The molecule has 0 radical (unpaired) electrons. The van der Waals surface area contributed by atoms with E-state index >= 15 is 4.39 Å². The molecule has 1 saturated carbocycles. The van der Waals surface area contributed by atoms with E-state index in [1.54, 1.807) is 52.5 Å². The maximum Gasteiger partial charge on any atom is 0.415 e. The van der Waals surface area contributed by atoms with Gasteiger partial charge in [-0.1, -0.05) is 5.92 Å². The Labute approximate surface area is 279 Å². The lowest BCUT2D eigenvalue weighted by Crippen LogP contribution is -2.41. The second kappa shape index (κ2) is 12.8. The second-order valence-electron chi connectivity index (χ2n) is 14.4. The average Bonchev–Trinajstić information content (AvgIpc) is 3.44. The van der Waals surface area contributed by atoms with Gasteiger partial charge in [-0.05, 0) is 79.7 Å². The van der Waals surface area contributed by atoms with E-state index in [4.69, 9.17) is 19.9 Å². The van der Waals surface area contributed by atoms with Gasteiger partial charge in [0.25, 0.3) is 5.91 Å². The SMILES string of the molecule is COC[C@H]1C[C@H](n2nc(C#Cc3cc4nc(C)n(C5CC5)c4cc3F)c(C(N)=O)c2N(C)C(=O)OC(C)(C)C)CN1C(=O)OC(C)(C)C. The number of nitrogens with zero attached hydrogens (tertiary/aromatic N) is 6. The zero-order valence-electron chi connectivity index (χ0n) is 29.0. The molecule has 14 heteroatoms. The predicted molar refractivity (Wildman–Crippen MR) is 176 cm³/mol. The molecule has 3 heterocycles. The summed E-state index contributed by atoms with van der Waals surface area (Å²) in [6.45, 7) is 12.7. The maximum atomic E-state index is 15.4. The highest BCUT2D eigenvalue weighted by atomic mass is 19.1. The summed E-state index contributed by atoms with van der Waals surface area (Å²) in [5, 5.41) is 4.66. The Morgan fingerprint density at radius 1 is 1.06 bits per heavy atom. The molecule has 0 bridgehead atoms. The summed E-state index contributed by atoms with van der Waals surface area (Å²) in [6.07, 6.45) is 1.10. The first-order valence-electron chi connectivity index (χ1n) is 16.0. The largest absolute Gasteiger partial charge is 0.444 e. The van der Waals surface area contributed by atoms with Crippen LogP contribution in [0.1, 0.15) is 100 Å². The van der Waals surface area contributed by atoms with Gasteiger partial charge in [-0.3, -0.25) is 9.69 Å². The van der Waals surface area contributed by atoms with Crippen LogP contribution < -0.4 is 10.6 Å². The molecule has 1 saturated heterocycles. The van der Waals surface area contributed by atoms with Crippen LogP contribution in [0.3, 0.4) is 0 Å². The van der Waals surface area contributed by atoms with Crippen molar-refractivity contribution < 1.29 is 33.0 Å². The van der Waals surface area contributed by atoms with Gasteiger partial charge in [0.2, 0.25) is 0 Å². The average molecular weight is 666 g/mol. The van der Waals surface area contributed by atoms with Crippen LogP contribution in [0.2, 0.25) is 0 Å². The van der Waals surface area contributed by atoms with E-state index in [1.807, 2.05) is 11.5 Å². The van der Waals surface area contributed by atoms with Gasteiger partial charge in [-0.2, -0.15) is 5.10 Å². The fourth-order valence-electron chi connectivity index (χ4n) is 5.95. The number of rotatable bonds is 6. The molecule has 2 fully saturated rings. The lowest BCUT2D eigenvalue weighted by molar-refractivity contribution is 0.0145. The number of halogens is 1. The number of amides is 3. The lowest BCUT2D eigenvalue weighted by Gasteiger charge is -2.28. The highest BCUT2D eigenvalue weighted by Crippen LogP contribution is 2.39. The Balaban J connectivity index is 1.60. The van der Waals surface area contributed by atoms with Gasteiger partial charge in [0, 0.05) is 32.8 Å². The number of anilines is 1. The number of carbonyl (C=O) groups excluding carboxylic acids is 3. The number of aromatic nitrogens is 4. The molecule has 1 aliphatic heterocycles. The van der Waals surface area contributed by atoms with Crippen molar-refractivity contribution in [2.24, 2.45) is 5.73 Å². The van der Waals surface area contributed by atoms with E-state index in [0.717, 1.165) is 23.6 Å². The number of ether oxygens (including phenoxy) is 3. The van der Waals surface area contributed by atoms with E-state index in [-0.39, 0.29) is 35.8 Å². The van der Waals surface area contributed by atoms with Gasteiger partial charge in [0.05, 0.1) is 35.3 Å². The van der Waals surface area contributed by atoms with E-state index in [2.05, 4.69) is 21.9 Å². The molecule has 2 aliphatic rings. The number of fused-ring (bicyclic) bond motifs is 1. The molecule has 3 amide bonds. The van der Waals surface area contributed by atoms with Crippen LogP contribution in [0.25, 0.3) is 11.0 Å². The summed E-state index contributed by atoms with van der Waals surface area (Å²) in [7, 11) is 2.97. The van der Waals surface area contributed by atoms with Crippen molar-refractivity contribution >= 4 is 34.9 Å². The van der Waals surface area contributed by atoms with Crippen molar-refractivity contribution in [3.63, 3.8) is 0 Å². The zero-order chi connectivity index (χ0) is 35.3. The first kappa shape index (κ1) is 34.7. The molecule has 1 aromatic carbocycles. The summed E-state index contributed by atoms with van der Waals surface area (Å²) < 4.78 is 35.6. The molecule has 258 valence electrons. The Hall–Kier alpha value is -4.64. The molecule has 13 nitrogen and oxygen atoms in total. The Morgan fingerprint density at radius 2 is 1.73 bits per heavy atom. The smallest absolute Gasteiger partial charge is 0.415 e. The Morgan fingerprint density at radius 3 is 2.31 bits per heavy atom. The number of aryl methyl sites for hydroxylation is 1. The lowest BCUT2D eigenvalue weighted by atomic mass is 10.1. The quantitative estimate of drug-likeness (QED) is 0.359. The Bertz CT molecular complexity index is 1820. The number of likely N-dealkylation sites (tertiary alicyclic amines) is 1. The predicted octanol–water partition coefficient (Wildman–Crippen LogP) is 5.08. The normalized spacial score (nSPS) is 18.1. The first-order valence-corrected chi connectivity index (χ1v) is 16.0. The summed E-state index contributed by atoms with van der Waals surface area (Å²) in [4.78, 5) is 46.9. The minimum absolute atomic E-state index is 0.0305. The molecule has 2 aromatic heterocycles. The molecule has 5 rings (SSSR count). The third-order valence-electron chi connectivity index (χ3n) is 8.02. The maximum absolute atomic E-state index is 15.4. The van der Waals surface area contributed by atoms with Crippen LogP contribution in [0, 0.1) is 24.6 Å². The van der Waals surface area contributed by atoms with E-state index in [1.165, 1.54) is 24.9 Å². The van der Waals surface area contributed by atoms with Crippen molar-refractivity contribution in [2.75, 3.05) is 32.2 Å². The number of nitrogens with two attached hydrogens (primary N) is 1. The van der Waals surface area contributed by atoms with Crippen LogP contribution in [-0.2, 0) is 14.2 Å². The number of carbonyl (C=O) groups is 3. The van der Waals surface area contributed by atoms with E-state index in [9.17, 15) is 14.4 Å². The van der Waals surface area contributed by atoms with Gasteiger partial charge in [-0.15, -0.1) is 0 Å². The van der Waals surface area contributed by atoms with Crippen molar-refractivity contribution in [1.82, 2.24) is 24.2 Å². The minimum Gasteiger partial charge on any atom is -0.444 e. The summed E-state index contributed by atoms with van der Waals surface area (Å²) in [5.41, 5.74) is 5.47. The van der Waals surface area contributed by atoms with E-state index < -0.39 is 47.2 Å². The van der Waals surface area contributed by atoms with Gasteiger partial charge >= 0.3 is 12.2 Å². The first-order chi connectivity index (χ1) is 22.4. The monoisotopic (exact) mass is 665 g/mol. The summed E-state index contributed by atoms with van der Waals surface area (Å²) in [5.74, 6) is 5.03. The number of hydrogen-bond acceptors (Lipinski definition) is 8. The molecule has 0 unspecified atom stereocenters. The zero-order valence-corrected chi connectivity index (χ0v) is 29.0. The minimum atomic E-state index is -0.902. The fraction of sp³-hybridized carbons (Fsp3) is 0.559. The Kier molecular flexibility index (Phi) is 9.22. The van der Waals surface area contributed by atoms with Crippen molar-refractivity contribution in [3.8, 4) is 11.8 Å². The molecule has 0 spiro atoms. The van der Waals surface area contributed by atoms with Crippen LogP contribution in [0.15, 0.2) is 12.1 Å². The third-order valence-corrected chi connectivity index (χ3v) is 8.02.